The largest absolute Gasteiger partial charge is 0.332 e. The van der Waals surface area contributed by atoms with Crippen molar-refractivity contribution in [3.63, 3.8) is 0 Å². The first-order chi connectivity index (χ1) is 14.3. The molecule has 0 spiro atoms. The summed E-state index contributed by atoms with van der Waals surface area (Å²) in [5.41, 5.74) is -0.227. The lowest BCUT2D eigenvalue weighted by molar-refractivity contribution is -0.384. The number of amides is 1. The topological polar surface area (TPSA) is 147 Å². The van der Waals surface area contributed by atoms with Crippen LogP contribution in [0.2, 0.25) is 0 Å². The van der Waals surface area contributed by atoms with E-state index < -0.39 is 22.1 Å². The molecule has 4 heterocycles. The van der Waals surface area contributed by atoms with Crippen LogP contribution in [0.15, 0.2) is 32.7 Å². The molecule has 0 aromatic carbocycles. The summed E-state index contributed by atoms with van der Waals surface area (Å²) in [4.78, 5) is 56.2. The maximum atomic E-state index is 12.5. The number of nitro groups is 1. The molecule has 0 unspecified atom stereocenters. The lowest BCUT2D eigenvalue weighted by atomic mass is 10.4. The second kappa shape index (κ2) is 7.31. The van der Waals surface area contributed by atoms with E-state index in [1.807, 2.05) is 0 Å². The second-order valence-electron chi connectivity index (χ2n) is 6.26. The Morgan fingerprint density at radius 1 is 1.23 bits per heavy atom. The number of nitrogens with zero attached hydrogens (tertiary/aromatic N) is 6. The van der Waals surface area contributed by atoms with Gasteiger partial charge in [0.15, 0.2) is 16.3 Å². The Bertz CT molecular complexity index is 1420. The molecule has 0 fully saturated rings. The monoisotopic (exact) mass is 447 g/mol. The molecule has 0 bridgehead atoms. The number of carbonyl (C=O) groups excluding carboxylic acids is 1. The number of fused-ring (bicyclic) bond motifs is 1. The molecule has 4 aromatic heterocycles. The number of aryl methyl sites for hydroxylation is 1. The highest BCUT2D eigenvalue weighted by Gasteiger charge is 2.17. The van der Waals surface area contributed by atoms with Crippen molar-refractivity contribution in [2.75, 3.05) is 5.32 Å². The number of aromatic nitrogens is 5. The lowest BCUT2D eigenvalue weighted by Crippen LogP contribution is -2.37. The third-order valence-corrected chi connectivity index (χ3v) is 6.03. The average Bonchev–Trinajstić information content (AvgIpc) is 3.43. The van der Waals surface area contributed by atoms with Gasteiger partial charge >= 0.3 is 5.69 Å². The van der Waals surface area contributed by atoms with Crippen LogP contribution in [0, 0.1) is 10.1 Å². The summed E-state index contributed by atoms with van der Waals surface area (Å²) in [7, 11) is 2.85. The van der Waals surface area contributed by atoms with Crippen LogP contribution in [0.3, 0.4) is 0 Å². The van der Waals surface area contributed by atoms with Crippen LogP contribution in [-0.4, -0.2) is 34.5 Å². The van der Waals surface area contributed by atoms with Crippen molar-refractivity contribution in [3.8, 4) is 10.6 Å². The number of anilines is 1. The van der Waals surface area contributed by atoms with Gasteiger partial charge in [-0.15, -0.1) is 22.7 Å². The van der Waals surface area contributed by atoms with Gasteiger partial charge in [-0.25, -0.2) is 14.8 Å². The second-order valence-corrected chi connectivity index (χ2v) is 8.03. The quantitative estimate of drug-likeness (QED) is 0.357. The van der Waals surface area contributed by atoms with Crippen LogP contribution in [-0.2, 0) is 25.4 Å². The molecule has 154 valence electrons. The van der Waals surface area contributed by atoms with Crippen molar-refractivity contribution < 1.29 is 9.72 Å². The summed E-state index contributed by atoms with van der Waals surface area (Å²) in [5.74, 6) is -0.441. The maximum Gasteiger partial charge on any atom is 0.332 e. The molecule has 30 heavy (non-hydrogen) atoms. The number of carbonyl (C=O) groups is 1. The first kappa shape index (κ1) is 19.7. The molecule has 0 saturated heterocycles. The number of imidazole rings is 1. The highest BCUT2D eigenvalue weighted by Crippen LogP contribution is 2.32. The van der Waals surface area contributed by atoms with Crippen LogP contribution in [0.1, 0.15) is 0 Å². The predicted molar refractivity (Wildman–Crippen MR) is 111 cm³/mol. The zero-order valence-corrected chi connectivity index (χ0v) is 17.2. The molecule has 0 saturated carbocycles. The number of thiazole rings is 1. The van der Waals surface area contributed by atoms with Gasteiger partial charge in [0.2, 0.25) is 5.91 Å². The van der Waals surface area contributed by atoms with Gasteiger partial charge in [0.1, 0.15) is 6.54 Å². The zero-order chi connectivity index (χ0) is 21.6. The van der Waals surface area contributed by atoms with Crippen LogP contribution in [0.25, 0.3) is 21.7 Å². The molecular weight excluding hydrogens is 434 g/mol. The summed E-state index contributed by atoms with van der Waals surface area (Å²) in [6.07, 6.45) is 1.32. The minimum Gasteiger partial charge on any atom is -0.315 e. The van der Waals surface area contributed by atoms with Gasteiger partial charge in [-0.1, -0.05) is 0 Å². The minimum atomic E-state index is -0.547. The molecule has 12 nitrogen and oxygen atoms in total. The molecular formula is C16H13N7O5S2. The average molecular weight is 447 g/mol. The van der Waals surface area contributed by atoms with E-state index >= 15 is 0 Å². The highest BCUT2D eigenvalue weighted by molar-refractivity contribution is 7.16. The predicted octanol–water partition coefficient (Wildman–Crippen LogP) is 1.17. The Morgan fingerprint density at radius 2 is 2.00 bits per heavy atom. The number of rotatable bonds is 5. The molecule has 0 aliphatic heterocycles. The number of hydrogen-bond donors (Lipinski definition) is 1. The summed E-state index contributed by atoms with van der Waals surface area (Å²) >= 11 is 2.36. The van der Waals surface area contributed by atoms with Gasteiger partial charge < -0.3 is 9.88 Å². The number of nitrogens with one attached hydrogen (secondary N) is 1. The molecule has 1 N–H and O–H groups in total. The Balaban J connectivity index is 1.55. The molecule has 14 heteroatoms. The van der Waals surface area contributed by atoms with Crippen LogP contribution >= 0.6 is 22.7 Å². The van der Waals surface area contributed by atoms with Gasteiger partial charge in [-0.2, -0.15) is 0 Å². The summed E-state index contributed by atoms with van der Waals surface area (Å²) in [6, 6.07) is 1.42. The van der Waals surface area contributed by atoms with Crippen LogP contribution in [0.4, 0.5) is 10.8 Å². The van der Waals surface area contributed by atoms with Crippen LogP contribution in [0.5, 0.6) is 0 Å². The highest BCUT2D eigenvalue weighted by atomic mass is 32.1. The van der Waals surface area contributed by atoms with E-state index in [9.17, 15) is 24.5 Å². The molecule has 0 radical (unpaired) electrons. The Kier molecular flexibility index (Phi) is 4.79. The fourth-order valence-electron chi connectivity index (χ4n) is 2.83. The SMILES string of the molecule is Cn1c(=O)c2c(ncn2CC(=O)Nc2nc(-c3cc([N+](=O)[O-])cs3)cs2)n(C)c1=O. The van der Waals surface area contributed by atoms with Gasteiger partial charge in [-0.3, -0.25) is 28.8 Å². The Hall–Kier alpha value is -3.65. The summed E-state index contributed by atoms with van der Waals surface area (Å²) in [6.45, 7) is -0.205. The lowest BCUT2D eigenvalue weighted by Gasteiger charge is -2.06. The number of thiophene rings is 1. The molecule has 0 aliphatic carbocycles. The normalized spacial score (nSPS) is 11.1. The smallest absolute Gasteiger partial charge is 0.315 e. The fraction of sp³-hybridized carbons (Fsp3) is 0.188. The van der Waals surface area contributed by atoms with E-state index in [1.54, 1.807) is 5.38 Å². The van der Waals surface area contributed by atoms with Gasteiger partial charge in [0.05, 0.1) is 27.2 Å². The first-order valence-electron chi connectivity index (χ1n) is 8.35. The number of hydrogen-bond acceptors (Lipinski definition) is 9. The molecule has 0 atom stereocenters. The first-order valence-corrected chi connectivity index (χ1v) is 10.1. The van der Waals surface area contributed by atoms with E-state index in [0.717, 1.165) is 4.57 Å². The van der Waals surface area contributed by atoms with E-state index in [4.69, 9.17) is 0 Å². The van der Waals surface area contributed by atoms with Crippen molar-refractivity contribution in [1.29, 1.82) is 0 Å². The van der Waals surface area contributed by atoms with E-state index in [0.29, 0.717) is 15.7 Å². The van der Waals surface area contributed by atoms with E-state index in [1.165, 1.54) is 63.7 Å². The molecule has 4 rings (SSSR count). The van der Waals surface area contributed by atoms with Crippen LogP contribution < -0.4 is 16.6 Å². The Morgan fingerprint density at radius 3 is 2.70 bits per heavy atom. The summed E-state index contributed by atoms with van der Waals surface area (Å²) in [5, 5.41) is 16.9. The molecule has 1 amide bonds. The molecule has 0 aliphatic rings. The van der Waals surface area contributed by atoms with Crippen molar-refractivity contribution in [3.05, 3.63) is 54.1 Å². The third-order valence-electron chi connectivity index (χ3n) is 4.33. The van der Waals surface area contributed by atoms with Crippen molar-refractivity contribution in [1.82, 2.24) is 23.7 Å². The van der Waals surface area contributed by atoms with Crippen molar-refractivity contribution >= 4 is 50.6 Å². The third kappa shape index (κ3) is 3.31. The van der Waals surface area contributed by atoms with Crippen molar-refractivity contribution in [2.24, 2.45) is 14.1 Å². The summed E-state index contributed by atoms with van der Waals surface area (Å²) < 4.78 is 3.55. The van der Waals surface area contributed by atoms with Gasteiger partial charge in [-0.05, 0) is 0 Å². The Labute approximate surface area is 174 Å². The minimum absolute atomic E-state index is 0.0171. The maximum absolute atomic E-state index is 12.5. The van der Waals surface area contributed by atoms with Crippen molar-refractivity contribution in [2.45, 2.75) is 6.54 Å². The van der Waals surface area contributed by atoms with E-state index in [-0.39, 0.29) is 23.4 Å². The standard InChI is InChI=1S/C16H13N7O5S2/c1-20-13-12(14(25)21(2)16(20)26)22(7-17-13)4-11(24)19-15-18-9(6-30-15)10-3-8(5-29-10)23(27)28/h3,5-7H,4H2,1-2H3,(H,18,19,24). The zero-order valence-electron chi connectivity index (χ0n) is 15.6. The fourth-order valence-corrected chi connectivity index (χ4v) is 4.45. The van der Waals surface area contributed by atoms with Gasteiger partial charge in [0, 0.05) is 25.5 Å². The van der Waals surface area contributed by atoms with Gasteiger partial charge in [0.25, 0.3) is 11.2 Å². The molecule has 4 aromatic rings. The van der Waals surface area contributed by atoms with E-state index in [2.05, 4.69) is 15.3 Å².